The minimum atomic E-state index is -0.219. The van der Waals surface area contributed by atoms with Crippen LogP contribution < -0.4 is 5.43 Å². The highest BCUT2D eigenvalue weighted by molar-refractivity contribution is 9.10. The molecule has 1 aromatic rings. The van der Waals surface area contributed by atoms with Crippen LogP contribution in [0.1, 0.15) is 44.0 Å². The van der Waals surface area contributed by atoms with E-state index in [0.29, 0.717) is 5.56 Å². The lowest BCUT2D eigenvalue weighted by Gasteiger charge is -2.00. The van der Waals surface area contributed by atoms with Crippen LogP contribution in [0.4, 0.5) is 0 Å². The zero-order chi connectivity index (χ0) is 15.7. The van der Waals surface area contributed by atoms with Crippen molar-refractivity contribution in [2.45, 2.75) is 33.6 Å². The first kappa shape index (κ1) is 17.4. The van der Waals surface area contributed by atoms with E-state index in [-0.39, 0.29) is 5.91 Å². The first-order valence-electron chi connectivity index (χ1n) is 6.87. The molecule has 0 aliphatic heterocycles. The van der Waals surface area contributed by atoms with Gasteiger partial charge in [-0.2, -0.15) is 5.10 Å². The average molecular weight is 349 g/mol. The normalized spacial score (nSPS) is 11.5. The molecule has 0 unspecified atom stereocenters. The second-order valence-electron chi connectivity index (χ2n) is 5.06. The van der Waals surface area contributed by atoms with E-state index < -0.39 is 0 Å². The summed E-state index contributed by atoms with van der Waals surface area (Å²) in [7, 11) is 0. The van der Waals surface area contributed by atoms with E-state index in [0.717, 1.165) is 17.3 Å². The maximum atomic E-state index is 11.8. The molecule has 0 saturated heterocycles. The topological polar surface area (TPSA) is 41.5 Å². The van der Waals surface area contributed by atoms with Crippen LogP contribution in [0.25, 0.3) is 0 Å². The van der Waals surface area contributed by atoms with E-state index in [4.69, 9.17) is 0 Å². The summed E-state index contributed by atoms with van der Waals surface area (Å²) < 4.78 is 0.870. The van der Waals surface area contributed by atoms with Crippen molar-refractivity contribution in [3.63, 3.8) is 0 Å². The second-order valence-corrected chi connectivity index (χ2v) is 5.98. The zero-order valence-corrected chi connectivity index (χ0v) is 14.3. The van der Waals surface area contributed by atoms with Gasteiger partial charge < -0.3 is 0 Å². The highest BCUT2D eigenvalue weighted by Crippen LogP contribution is 2.11. The van der Waals surface area contributed by atoms with Gasteiger partial charge in [0, 0.05) is 16.3 Å². The number of hydrogen-bond donors (Lipinski definition) is 1. The lowest BCUT2D eigenvalue weighted by Crippen LogP contribution is -2.17. The van der Waals surface area contributed by atoms with Crippen molar-refractivity contribution in [3.8, 4) is 0 Å². The summed E-state index contributed by atoms with van der Waals surface area (Å²) in [5, 5.41) is 3.93. The van der Waals surface area contributed by atoms with Crippen molar-refractivity contribution >= 4 is 28.1 Å². The molecule has 1 rings (SSSR count). The fraction of sp³-hybridized carbons (Fsp3) is 0.294. The Morgan fingerprint density at radius 3 is 2.76 bits per heavy atom. The van der Waals surface area contributed by atoms with Gasteiger partial charge in [0.15, 0.2) is 0 Å². The molecule has 112 valence electrons. The largest absolute Gasteiger partial charge is 0.271 e. The van der Waals surface area contributed by atoms with Gasteiger partial charge in [0.2, 0.25) is 0 Å². The Hall–Kier alpha value is -1.68. The van der Waals surface area contributed by atoms with Crippen molar-refractivity contribution in [3.05, 3.63) is 57.6 Å². The first-order valence-corrected chi connectivity index (χ1v) is 7.66. The molecule has 0 atom stereocenters. The number of nitrogens with zero attached hydrogens (tertiary/aromatic N) is 1. The molecule has 0 bridgehead atoms. The molecule has 1 aromatic carbocycles. The molecule has 0 aliphatic carbocycles. The Kier molecular flexibility index (Phi) is 7.69. The molecule has 21 heavy (non-hydrogen) atoms. The van der Waals surface area contributed by atoms with Gasteiger partial charge in [-0.3, -0.25) is 4.79 Å². The lowest BCUT2D eigenvalue weighted by molar-refractivity contribution is 0.0955. The van der Waals surface area contributed by atoms with Crippen molar-refractivity contribution in [2.24, 2.45) is 5.10 Å². The number of amides is 1. The van der Waals surface area contributed by atoms with Gasteiger partial charge in [0.1, 0.15) is 0 Å². The van der Waals surface area contributed by atoms with Crippen LogP contribution in [0.3, 0.4) is 0 Å². The summed E-state index contributed by atoms with van der Waals surface area (Å²) in [6, 6.07) is 7.19. The number of carbonyl (C=O) groups is 1. The van der Waals surface area contributed by atoms with E-state index in [1.807, 2.05) is 18.2 Å². The molecule has 3 nitrogen and oxygen atoms in total. The maximum absolute atomic E-state index is 11.8. The lowest BCUT2D eigenvalue weighted by atomic mass is 10.1. The third kappa shape index (κ3) is 7.61. The summed E-state index contributed by atoms with van der Waals surface area (Å²) >= 11 is 3.33. The van der Waals surface area contributed by atoms with Gasteiger partial charge in [-0.25, -0.2) is 5.43 Å². The van der Waals surface area contributed by atoms with Gasteiger partial charge in [0.05, 0.1) is 0 Å². The predicted molar refractivity (Wildman–Crippen MR) is 92.5 cm³/mol. The minimum Gasteiger partial charge on any atom is -0.267 e. The number of benzene rings is 1. The quantitative estimate of drug-likeness (QED) is 0.445. The van der Waals surface area contributed by atoms with Crippen LogP contribution >= 0.6 is 15.9 Å². The van der Waals surface area contributed by atoms with Crippen molar-refractivity contribution in [1.82, 2.24) is 5.43 Å². The van der Waals surface area contributed by atoms with Gasteiger partial charge in [-0.1, -0.05) is 39.2 Å². The SMILES string of the molecule is CC(C)=CCCC(C)=CC=NNC(=O)c1cccc(Br)c1. The highest BCUT2D eigenvalue weighted by Gasteiger charge is 2.03. The Morgan fingerprint density at radius 1 is 1.33 bits per heavy atom. The van der Waals surface area contributed by atoms with Crippen LogP contribution in [0.2, 0.25) is 0 Å². The molecular weight excluding hydrogens is 328 g/mol. The van der Waals surface area contributed by atoms with Crippen molar-refractivity contribution in [1.29, 1.82) is 0 Å². The molecule has 1 amide bonds. The molecule has 0 spiro atoms. The van der Waals surface area contributed by atoms with E-state index in [1.54, 1.807) is 18.3 Å². The van der Waals surface area contributed by atoms with Gasteiger partial charge in [-0.05, 0) is 57.9 Å². The number of halogens is 1. The summed E-state index contributed by atoms with van der Waals surface area (Å²) in [6.45, 7) is 6.25. The Balaban J connectivity index is 2.43. The van der Waals surface area contributed by atoms with Crippen LogP contribution in [0.5, 0.6) is 0 Å². The molecular formula is C17H21BrN2O. The number of nitrogens with one attached hydrogen (secondary N) is 1. The van der Waals surface area contributed by atoms with E-state index >= 15 is 0 Å². The molecule has 0 radical (unpaired) electrons. The van der Waals surface area contributed by atoms with Gasteiger partial charge in [-0.15, -0.1) is 0 Å². The molecule has 4 heteroatoms. The Labute approximate surface area is 135 Å². The number of hydrogen-bond acceptors (Lipinski definition) is 2. The maximum Gasteiger partial charge on any atom is 0.271 e. The molecule has 1 N–H and O–H groups in total. The Bertz CT molecular complexity index is 570. The summed E-state index contributed by atoms with van der Waals surface area (Å²) in [5.41, 5.74) is 5.64. The predicted octanol–water partition coefficient (Wildman–Crippen LogP) is 4.86. The first-order chi connectivity index (χ1) is 9.99. The minimum absolute atomic E-state index is 0.219. The fourth-order valence-electron chi connectivity index (χ4n) is 1.63. The number of hydrazone groups is 1. The molecule has 0 aliphatic rings. The van der Waals surface area contributed by atoms with E-state index in [1.165, 1.54) is 11.1 Å². The fourth-order valence-corrected chi connectivity index (χ4v) is 2.03. The highest BCUT2D eigenvalue weighted by atomic mass is 79.9. The molecule has 0 fully saturated rings. The van der Waals surface area contributed by atoms with Gasteiger partial charge >= 0.3 is 0 Å². The summed E-state index contributed by atoms with van der Waals surface area (Å²) in [6.07, 6.45) is 7.77. The van der Waals surface area contributed by atoms with Crippen molar-refractivity contribution < 1.29 is 4.79 Å². The third-order valence-corrected chi connectivity index (χ3v) is 3.27. The molecule has 0 aromatic heterocycles. The van der Waals surface area contributed by atoms with E-state index in [2.05, 4.69) is 53.3 Å². The van der Waals surface area contributed by atoms with Crippen LogP contribution in [-0.2, 0) is 0 Å². The number of carbonyl (C=O) groups excluding carboxylic acids is 1. The number of allylic oxidation sites excluding steroid dienone is 4. The monoisotopic (exact) mass is 348 g/mol. The second kappa shape index (κ2) is 9.29. The third-order valence-electron chi connectivity index (χ3n) is 2.78. The Morgan fingerprint density at radius 2 is 2.10 bits per heavy atom. The summed E-state index contributed by atoms with van der Waals surface area (Å²) in [4.78, 5) is 11.8. The van der Waals surface area contributed by atoms with Crippen LogP contribution in [0.15, 0.2) is 57.1 Å². The van der Waals surface area contributed by atoms with Crippen LogP contribution in [-0.4, -0.2) is 12.1 Å². The van der Waals surface area contributed by atoms with Gasteiger partial charge in [0.25, 0.3) is 5.91 Å². The van der Waals surface area contributed by atoms with Crippen LogP contribution in [0, 0.1) is 0 Å². The molecule has 0 heterocycles. The smallest absolute Gasteiger partial charge is 0.267 e. The zero-order valence-electron chi connectivity index (χ0n) is 12.7. The van der Waals surface area contributed by atoms with E-state index in [9.17, 15) is 4.79 Å². The molecule has 0 saturated carbocycles. The van der Waals surface area contributed by atoms with Crippen molar-refractivity contribution in [2.75, 3.05) is 0 Å². The number of rotatable bonds is 6. The standard InChI is InChI=1S/C17H21BrN2O/c1-13(2)6-4-7-14(3)10-11-19-20-17(21)15-8-5-9-16(18)12-15/h5-6,8-12H,4,7H2,1-3H3,(H,20,21). The average Bonchev–Trinajstić information content (AvgIpc) is 2.43. The summed E-state index contributed by atoms with van der Waals surface area (Å²) in [5.74, 6) is -0.219.